The van der Waals surface area contributed by atoms with Crippen LogP contribution < -0.4 is 0 Å². The molecule has 2 nitrogen and oxygen atoms in total. The number of rotatable bonds is 2. The molecular weight excluding hydrogens is 383 g/mol. The van der Waals surface area contributed by atoms with Crippen LogP contribution in [0.15, 0.2) is 24.3 Å². The Morgan fingerprint density at radius 1 is 1.00 bits per heavy atom. The van der Waals surface area contributed by atoms with E-state index in [0.29, 0.717) is 17.0 Å². The largest absolute Gasteiger partial charge is 0.236 e. The summed E-state index contributed by atoms with van der Waals surface area (Å²) in [5.41, 5.74) is 4.05. The first-order valence-electron chi connectivity index (χ1n) is 7.02. The molecule has 20 heavy (non-hydrogen) atoms. The van der Waals surface area contributed by atoms with Gasteiger partial charge in [0.1, 0.15) is 11.0 Å². The van der Waals surface area contributed by atoms with E-state index in [4.69, 9.17) is 16.6 Å². The summed E-state index contributed by atoms with van der Waals surface area (Å²) >= 11 is 8.61. The quantitative estimate of drug-likeness (QED) is 0.552. The fourth-order valence-corrected chi connectivity index (χ4v) is 3.87. The average molecular weight is 397 g/mol. The van der Waals surface area contributed by atoms with Crippen molar-refractivity contribution in [2.24, 2.45) is 0 Å². The Morgan fingerprint density at radius 2 is 1.65 bits per heavy atom. The minimum absolute atomic E-state index is 0.388. The van der Waals surface area contributed by atoms with Gasteiger partial charge in [-0.15, -0.1) is 0 Å². The number of nitrogens with zero attached hydrogens (tertiary/aromatic N) is 2. The van der Waals surface area contributed by atoms with Crippen LogP contribution in [0.3, 0.4) is 0 Å². The zero-order valence-electron chi connectivity index (χ0n) is 10.9. The highest BCUT2D eigenvalue weighted by Gasteiger charge is 2.31. The summed E-state index contributed by atoms with van der Waals surface area (Å²) in [5, 5.41) is 0.633. The van der Waals surface area contributed by atoms with E-state index in [-0.39, 0.29) is 0 Å². The number of halogens is 2. The maximum Gasteiger partial charge on any atom is 0.146 e. The molecule has 4 rings (SSSR count). The summed E-state index contributed by atoms with van der Waals surface area (Å²) < 4.78 is 1.05. The second-order valence-corrected chi connectivity index (χ2v) is 7.16. The Balaban J connectivity index is 1.70. The molecule has 1 fully saturated rings. The first-order valence-corrected chi connectivity index (χ1v) is 8.47. The molecule has 0 spiro atoms. The molecule has 0 N–H and O–H groups in total. The maximum absolute atomic E-state index is 6.32. The topological polar surface area (TPSA) is 25.8 Å². The molecule has 1 saturated carbocycles. The molecular formula is C16H14ClIN2. The van der Waals surface area contributed by atoms with Crippen LogP contribution in [0, 0.1) is 3.57 Å². The van der Waals surface area contributed by atoms with Crippen molar-refractivity contribution in [1.29, 1.82) is 0 Å². The Kier molecular flexibility index (Phi) is 3.22. The van der Waals surface area contributed by atoms with Crippen molar-refractivity contribution in [2.45, 2.75) is 37.5 Å². The SMILES string of the molecule is Clc1nc(C2Cc3ccccc3C2)nc(C2CC2)c1I. The van der Waals surface area contributed by atoms with E-state index in [0.717, 1.165) is 22.2 Å². The van der Waals surface area contributed by atoms with Gasteiger partial charge in [-0.3, -0.25) is 0 Å². The zero-order valence-corrected chi connectivity index (χ0v) is 13.9. The lowest BCUT2D eigenvalue weighted by molar-refractivity contribution is 0.672. The molecule has 2 aliphatic rings. The molecule has 2 aliphatic carbocycles. The predicted molar refractivity (Wildman–Crippen MR) is 88.3 cm³/mol. The molecule has 0 radical (unpaired) electrons. The van der Waals surface area contributed by atoms with Crippen LogP contribution in [-0.2, 0) is 12.8 Å². The third kappa shape index (κ3) is 2.25. The van der Waals surface area contributed by atoms with Crippen LogP contribution in [0.2, 0.25) is 5.15 Å². The Labute approximate surface area is 137 Å². The van der Waals surface area contributed by atoms with E-state index in [9.17, 15) is 0 Å². The molecule has 0 bridgehead atoms. The van der Waals surface area contributed by atoms with Gasteiger partial charge >= 0.3 is 0 Å². The third-order valence-corrected chi connectivity index (χ3v) is 5.89. The van der Waals surface area contributed by atoms with Gasteiger partial charge in [-0.25, -0.2) is 9.97 Å². The first-order chi connectivity index (χ1) is 9.72. The van der Waals surface area contributed by atoms with Crippen LogP contribution in [0.5, 0.6) is 0 Å². The Morgan fingerprint density at radius 3 is 2.25 bits per heavy atom. The lowest BCUT2D eigenvalue weighted by atomic mass is 10.1. The van der Waals surface area contributed by atoms with Crippen LogP contribution in [0.25, 0.3) is 0 Å². The van der Waals surface area contributed by atoms with E-state index in [1.807, 2.05) is 0 Å². The second kappa shape index (κ2) is 4.95. The van der Waals surface area contributed by atoms with Gasteiger partial charge in [0, 0.05) is 11.8 Å². The first kappa shape index (κ1) is 13.0. The normalized spacial score (nSPS) is 18.3. The van der Waals surface area contributed by atoms with Gasteiger partial charge in [0.05, 0.1) is 9.26 Å². The van der Waals surface area contributed by atoms with Crippen LogP contribution in [0.4, 0.5) is 0 Å². The fraction of sp³-hybridized carbons (Fsp3) is 0.375. The lowest BCUT2D eigenvalue weighted by Gasteiger charge is -2.12. The maximum atomic E-state index is 6.32. The molecule has 4 heteroatoms. The van der Waals surface area contributed by atoms with Gasteiger partial charge < -0.3 is 0 Å². The van der Waals surface area contributed by atoms with E-state index in [2.05, 4.69) is 51.8 Å². The Bertz CT molecular complexity index is 657. The monoisotopic (exact) mass is 396 g/mol. The molecule has 0 amide bonds. The van der Waals surface area contributed by atoms with Gasteiger partial charge in [-0.05, 0) is 59.4 Å². The number of hydrogen-bond acceptors (Lipinski definition) is 2. The molecule has 1 aromatic heterocycles. The van der Waals surface area contributed by atoms with Crippen LogP contribution >= 0.6 is 34.2 Å². The second-order valence-electron chi connectivity index (χ2n) is 5.72. The third-order valence-electron chi connectivity index (χ3n) is 4.23. The molecule has 0 unspecified atom stereocenters. The summed E-state index contributed by atoms with van der Waals surface area (Å²) in [6, 6.07) is 8.65. The van der Waals surface area contributed by atoms with Crippen LogP contribution in [0.1, 0.15) is 47.3 Å². The van der Waals surface area contributed by atoms with Crippen molar-refractivity contribution in [3.63, 3.8) is 0 Å². The standard InChI is InChI=1S/C16H14ClIN2/c17-15-13(18)14(9-5-6-9)19-16(20-15)12-7-10-3-1-2-4-11(10)8-12/h1-4,9,12H,5-8H2. The average Bonchev–Trinajstić information content (AvgIpc) is 3.19. The van der Waals surface area contributed by atoms with Gasteiger partial charge in [-0.1, -0.05) is 35.9 Å². The summed E-state index contributed by atoms with van der Waals surface area (Å²) in [5.74, 6) is 1.94. The summed E-state index contributed by atoms with van der Waals surface area (Å²) in [6.07, 6.45) is 4.57. The highest BCUT2D eigenvalue weighted by Crippen LogP contribution is 2.43. The molecule has 102 valence electrons. The van der Waals surface area contributed by atoms with Gasteiger partial charge in [0.25, 0.3) is 0 Å². The van der Waals surface area contributed by atoms with Crippen molar-refractivity contribution in [3.8, 4) is 0 Å². The molecule has 1 aromatic carbocycles. The minimum atomic E-state index is 0.388. The minimum Gasteiger partial charge on any atom is -0.236 e. The van der Waals surface area contributed by atoms with Crippen molar-refractivity contribution >= 4 is 34.2 Å². The number of fused-ring (bicyclic) bond motifs is 1. The highest BCUT2D eigenvalue weighted by atomic mass is 127. The summed E-state index contributed by atoms with van der Waals surface area (Å²) in [4.78, 5) is 9.41. The van der Waals surface area contributed by atoms with E-state index < -0.39 is 0 Å². The molecule has 1 heterocycles. The summed E-state index contributed by atoms with van der Waals surface area (Å²) in [7, 11) is 0. The van der Waals surface area contributed by atoms with Gasteiger partial charge in [0.2, 0.25) is 0 Å². The lowest BCUT2D eigenvalue weighted by Crippen LogP contribution is -2.08. The molecule has 0 saturated heterocycles. The van der Waals surface area contributed by atoms with Crippen molar-refractivity contribution in [2.75, 3.05) is 0 Å². The molecule has 2 aromatic rings. The smallest absolute Gasteiger partial charge is 0.146 e. The van der Waals surface area contributed by atoms with E-state index >= 15 is 0 Å². The zero-order chi connectivity index (χ0) is 13.7. The van der Waals surface area contributed by atoms with Gasteiger partial charge in [-0.2, -0.15) is 0 Å². The number of hydrogen-bond donors (Lipinski definition) is 0. The number of aromatic nitrogens is 2. The highest BCUT2D eigenvalue weighted by molar-refractivity contribution is 14.1. The van der Waals surface area contributed by atoms with Crippen molar-refractivity contribution in [1.82, 2.24) is 9.97 Å². The molecule has 0 atom stereocenters. The van der Waals surface area contributed by atoms with Gasteiger partial charge in [0.15, 0.2) is 0 Å². The van der Waals surface area contributed by atoms with E-state index in [1.165, 1.54) is 29.7 Å². The van der Waals surface area contributed by atoms with Crippen LogP contribution in [-0.4, -0.2) is 9.97 Å². The fourth-order valence-electron chi connectivity index (χ4n) is 3.00. The summed E-state index contributed by atoms with van der Waals surface area (Å²) in [6.45, 7) is 0. The number of benzene rings is 1. The van der Waals surface area contributed by atoms with E-state index in [1.54, 1.807) is 0 Å². The predicted octanol–water partition coefficient (Wildman–Crippen LogP) is 4.49. The van der Waals surface area contributed by atoms with Crippen molar-refractivity contribution < 1.29 is 0 Å². The Hall–Kier alpha value is -0.680. The molecule has 0 aliphatic heterocycles. The van der Waals surface area contributed by atoms with Crippen molar-refractivity contribution in [3.05, 3.63) is 55.6 Å².